The van der Waals surface area contributed by atoms with E-state index in [0.717, 1.165) is 22.3 Å². The SMILES string of the molecule is Cc1cccc(C)c1-c1cc(Cl)nc(NS(=O)(=O)c2cccc(C(=O)N3CCN(C(=O)OCc4ccccc4)CC[C@H]3C)c2)n1. The number of nitrogens with one attached hydrogen (secondary N) is 1. The molecule has 1 saturated heterocycles. The topological polar surface area (TPSA) is 122 Å². The molecule has 0 aliphatic carbocycles. The van der Waals surface area contributed by atoms with Crippen molar-refractivity contribution in [2.75, 3.05) is 24.4 Å². The Kier molecular flexibility index (Phi) is 9.69. The molecular formula is C33H34ClN5O5S. The Labute approximate surface area is 268 Å². The van der Waals surface area contributed by atoms with Crippen LogP contribution in [0.1, 0.15) is 40.4 Å². The summed E-state index contributed by atoms with van der Waals surface area (Å²) in [6.07, 6.45) is 0.101. The van der Waals surface area contributed by atoms with Crippen molar-refractivity contribution >= 4 is 39.6 Å². The molecule has 0 saturated carbocycles. The van der Waals surface area contributed by atoms with Crippen molar-refractivity contribution in [3.63, 3.8) is 0 Å². The zero-order valence-electron chi connectivity index (χ0n) is 25.2. The Morgan fingerprint density at radius 2 is 1.64 bits per heavy atom. The third-order valence-corrected chi connectivity index (χ3v) is 9.25. The number of benzene rings is 3. The van der Waals surface area contributed by atoms with E-state index < -0.39 is 16.1 Å². The average molecular weight is 648 g/mol. The van der Waals surface area contributed by atoms with Gasteiger partial charge in [0.1, 0.15) is 11.8 Å². The summed E-state index contributed by atoms with van der Waals surface area (Å²) in [7, 11) is -4.18. The Balaban J connectivity index is 1.29. The van der Waals surface area contributed by atoms with Crippen LogP contribution < -0.4 is 4.72 Å². The molecule has 0 spiro atoms. The molecule has 10 nitrogen and oxygen atoms in total. The summed E-state index contributed by atoms with van der Waals surface area (Å²) in [4.78, 5) is 38.0. The molecule has 0 radical (unpaired) electrons. The highest BCUT2D eigenvalue weighted by atomic mass is 35.5. The zero-order chi connectivity index (χ0) is 32.1. The quantitative estimate of drug-likeness (QED) is 0.241. The molecule has 3 aromatic carbocycles. The van der Waals surface area contributed by atoms with Gasteiger partial charge < -0.3 is 14.5 Å². The Bertz CT molecular complexity index is 1800. The summed E-state index contributed by atoms with van der Waals surface area (Å²) in [6, 6.07) is 22.4. The van der Waals surface area contributed by atoms with Crippen molar-refractivity contribution in [2.45, 2.75) is 44.7 Å². The Morgan fingerprint density at radius 3 is 2.38 bits per heavy atom. The van der Waals surface area contributed by atoms with E-state index in [1.807, 2.05) is 69.3 Å². The smallest absolute Gasteiger partial charge is 0.410 e. The van der Waals surface area contributed by atoms with Gasteiger partial charge in [-0.3, -0.25) is 4.79 Å². The fourth-order valence-corrected chi connectivity index (χ4v) is 6.48. The molecule has 4 aromatic rings. The second-order valence-electron chi connectivity index (χ2n) is 11.0. The van der Waals surface area contributed by atoms with E-state index in [0.29, 0.717) is 18.7 Å². The number of aryl methyl sites for hydroxylation is 2. The van der Waals surface area contributed by atoms with Crippen LogP contribution in [-0.2, 0) is 21.4 Å². The molecular weight excluding hydrogens is 614 g/mol. The molecule has 2 heterocycles. The van der Waals surface area contributed by atoms with Crippen molar-refractivity contribution in [1.82, 2.24) is 19.8 Å². The lowest BCUT2D eigenvalue weighted by atomic mass is 10.00. The molecule has 2 amide bonds. The predicted molar refractivity (Wildman–Crippen MR) is 173 cm³/mol. The molecule has 1 aromatic heterocycles. The van der Waals surface area contributed by atoms with Gasteiger partial charge in [0, 0.05) is 42.9 Å². The van der Waals surface area contributed by atoms with Crippen LogP contribution in [0.2, 0.25) is 5.15 Å². The minimum absolute atomic E-state index is 0.0809. The maximum atomic E-state index is 13.6. The lowest BCUT2D eigenvalue weighted by Gasteiger charge is -2.27. The highest BCUT2D eigenvalue weighted by molar-refractivity contribution is 7.92. The van der Waals surface area contributed by atoms with Crippen LogP contribution in [0.25, 0.3) is 11.3 Å². The third kappa shape index (κ3) is 7.61. The van der Waals surface area contributed by atoms with Crippen LogP contribution in [0.5, 0.6) is 0 Å². The summed E-state index contributed by atoms with van der Waals surface area (Å²) in [5.74, 6) is -0.521. The molecule has 234 valence electrons. The van der Waals surface area contributed by atoms with E-state index in [2.05, 4.69) is 14.7 Å². The van der Waals surface area contributed by atoms with Crippen LogP contribution in [0.3, 0.4) is 0 Å². The number of ether oxygens (including phenoxy) is 1. The van der Waals surface area contributed by atoms with Gasteiger partial charge in [0.15, 0.2) is 0 Å². The fourth-order valence-electron chi connectivity index (χ4n) is 5.31. The summed E-state index contributed by atoms with van der Waals surface area (Å²) in [6.45, 7) is 6.93. The van der Waals surface area contributed by atoms with Gasteiger partial charge in [0.2, 0.25) is 5.95 Å². The second kappa shape index (κ2) is 13.7. The maximum Gasteiger partial charge on any atom is 0.410 e. The number of amides is 2. The van der Waals surface area contributed by atoms with Crippen molar-refractivity contribution in [3.8, 4) is 11.3 Å². The minimum Gasteiger partial charge on any atom is -0.445 e. The fraction of sp³-hybridized carbons (Fsp3) is 0.273. The average Bonchev–Trinajstić information content (AvgIpc) is 3.21. The van der Waals surface area contributed by atoms with Gasteiger partial charge in [-0.2, -0.15) is 0 Å². The van der Waals surface area contributed by atoms with Gasteiger partial charge in [0.05, 0.1) is 10.6 Å². The number of rotatable bonds is 7. The molecule has 1 atom stereocenters. The normalized spacial score (nSPS) is 15.3. The highest BCUT2D eigenvalue weighted by Crippen LogP contribution is 2.28. The molecule has 1 aliphatic heterocycles. The number of hydrogen-bond acceptors (Lipinski definition) is 7. The van der Waals surface area contributed by atoms with Gasteiger partial charge in [0.25, 0.3) is 15.9 Å². The molecule has 0 bridgehead atoms. The standard InChI is InChI=1S/C33H34ClN5O5S/c1-22-9-7-10-23(2)30(22)28-20-29(34)36-32(35-28)37-45(42,43)27-14-8-13-26(19-27)31(40)39-18-17-38(16-15-24(39)3)33(41)44-21-25-11-5-4-6-12-25/h4-14,19-20,24H,15-18,21H2,1-3H3,(H,35,36,37)/t24-/m1/s1. The van der Waals surface area contributed by atoms with E-state index in [-0.39, 0.29) is 53.2 Å². The van der Waals surface area contributed by atoms with Crippen LogP contribution in [0, 0.1) is 13.8 Å². The number of sulfonamides is 1. The summed E-state index contributed by atoms with van der Waals surface area (Å²) in [5, 5.41) is 0.0809. The Hall–Kier alpha value is -4.48. The van der Waals surface area contributed by atoms with Gasteiger partial charge in [-0.25, -0.2) is 27.9 Å². The van der Waals surface area contributed by atoms with Crippen LogP contribution >= 0.6 is 11.6 Å². The number of halogens is 1. The first-order chi connectivity index (χ1) is 21.5. The summed E-state index contributed by atoms with van der Waals surface area (Å²) < 4.78 is 34.8. The van der Waals surface area contributed by atoms with Gasteiger partial charge >= 0.3 is 6.09 Å². The predicted octanol–water partition coefficient (Wildman–Crippen LogP) is 6.09. The first-order valence-electron chi connectivity index (χ1n) is 14.5. The molecule has 5 rings (SSSR count). The van der Waals surface area contributed by atoms with Crippen LogP contribution in [0.15, 0.2) is 83.8 Å². The van der Waals surface area contributed by atoms with Crippen molar-refractivity contribution in [1.29, 1.82) is 0 Å². The van der Waals surface area contributed by atoms with E-state index in [4.69, 9.17) is 16.3 Å². The third-order valence-electron chi connectivity index (χ3n) is 7.73. The van der Waals surface area contributed by atoms with Crippen LogP contribution in [0.4, 0.5) is 10.7 Å². The number of hydrogen-bond donors (Lipinski definition) is 1. The van der Waals surface area contributed by atoms with E-state index in [1.165, 1.54) is 18.2 Å². The minimum atomic E-state index is -4.18. The molecule has 12 heteroatoms. The monoisotopic (exact) mass is 647 g/mol. The molecule has 1 aliphatic rings. The molecule has 1 N–H and O–H groups in total. The largest absolute Gasteiger partial charge is 0.445 e. The molecule has 1 fully saturated rings. The summed E-state index contributed by atoms with van der Waals surface area (Å²) in [5.41, 5.74) is 4.33. The summed E-state index contributed by atoms with van der Waals surface area (Å²) >= 11 is 6.27. The van der Waals surface area contributed by atoms with E-state index >= 15 is 0 Å². The number of aromatic nitrogens is 2. The highest BCUT2D eigenvalue weighted by Gasteiger charge is 2.29. The second-order valence-corrected chi connectivity index (χ2v) is 13.0. The number of anilines is 1. The molecule has 0 unspecified atom stereocenters. The zero-order valence-corrected chi connectivity index (χ0v) is 26.8. The number of carbonyl (C=O) groups is 2. The van der Waals surface area contributed by atoms with E-state index in [9.17, 15) is 18.0 Å². The number of carbonyl (C=O) groups excluding carboxylic acids is 2. The van der Waals surface area contributed by atoms with Crippen molar-refractivity contribution < 1.29 is 22.7 Å². The first kappa shape index (κ1) is 31.9. The van der Waals surface area contributed by atoms with E-state index in [1.54, 1.807) is 21.9 Å². The van der Waals surface area contributed by atoms with Crippen molar-refractivity contribution in [3.05, 3.63) is 106 Å². The van der Waals surface area contributed by atoms with Crippen LogP contribution in [-0.4, -0.2) is 65.9 Å². The van der Waals surface area contributed by atoms with Gasteiger partial charge in [-0.15, -0.1) is 0 Å². The Morgan fingerprint density at radius 1 is 0.933 bits per heavy atom. The maximum absolute atomic E-state index is 13.6. The number of nitrogens with zero attached hydrogens (tertiary/aromatic N) is 4. The van der Waals surface area contributed by atoms with Gasteiger partial charge in [-0.1, -0.05) is 66.2 Å². The lowest BCUT2D eigenvalue weighted by Crippen LogP contribution is -2.40. The lowest BCUT2D eigenvalue weighted by molar-refractivity contribution is 0.0693. The van der Waals surface area contributed by atoms with Gasteiger partial charge in [-0.05, 0) is 62.1 Å². The first-order valence-corrected chi connectivity index (χ1v) is 16.4. The van der Waals surface area contributed by atoms with Crippen molar-refractivity contribution in [2.24, 2.45) is 0 Å². The molecule has 45 heavy (non-hydrogen) atoms.